The van der Waals surface area contributed by atoms with Gasteiger partial charge in [-0.05, 0) is 54.8 Å². The molecule has 1 unspecified atom stereocenters. The minimum atomic E-state index is -3.31. The smallest absolute Gasteiger partial charge is 0.219 e. The first-order valence-electron chi connectivity index (χ1n) is 11.6. The Balaban J connectivity index is 1.58. The zero-order valence-electron chi connectivity index (χ0n) is 20.1. The van der Waals surface area contributed by atoms with Crippen molar-refractivity contribution in [2.45, 2.75) is 30.7 Å². The van der Waals surface area contributed by atoms with E-state index in [1.807, 2.05) is 29.2 Å². The highest BCUT2D eigenvalue weighted by Crippen LogP contribution is 2.41. The first-order valence-corrected chi connectivity index (χ1v) is 13.5. The molecule has 4 aromatic rings. The van der Waals surface area contributed by atoms with Crippen LogP contribution in [0.25, 0.3) is 28.6 Å². The third kappa shape index (κ3) is 4.61. The van der Waals surface area contributed by atoms with E-state index in [0.29, 0.717) is 35.1 Å². The van der Waals surface area contributed by atoms with Crippen molar-refractivity contribution in [3.8, 4) is 23.0 Å². The average Bonchev–Trinajstić information content (AvgIpc) is 3.50. The molecule has 36 heavy (non-hydrogen) atoms. The SMILES string of the molecule is C=Cc1ccc(-c2nc3cc(Oc4ccc(S(C)(=O)=O)cc4)c(C4CCCN4C(C)=O)cc3[nH]2)nc1. The van der Waals surface area contributed by atoms with Gasteiger partial charge in [0.25, 0.3) is 0 Å². The predicted molar refractivity (Wildman–Crippen MR) is 138 cm³/mol. The molecule has 1 atom stereocenters. The Labute approximate surface area is 209 Å². The zero-order valence-corrected chi connectivity index (χ0v) is 20.9. The van der Waals surface area contributed by atoms with Crippen molar-refractivity contribution in [2.24, 2.45) is 0 Å². The van der Waals surface area contributed by atoms with Crippen molar-refractivity contribution in [2.75, 3.05) is 12.8 Å². The number of H-pyrrole nitrogens is 1. The van der Waals surface area contributed by atoms with Crippen molar-refractivity contribution in [1.29, 1.82) is 0 Å². The molecular formula is C27H26N4O4S. The molecule has 0 saturated carbocycles. The van der Waals surface area contributed by atoms with Gasteiger partial charge in [0.1, 0.15) is 17.2 Å². The second-order valence-electron chi connectivity index (χ2n) is 8.89. The molecular weight excluding hydrogens is 476 g/mol. The number of nitrogens with zero attached hydrogens (tertiary/aromatic N) is 3. The molecule has 2 aromatic heterocycles. The molecule has 1 amide bonds. The minimum Gasteiger partial charge on any atom is -0.457 e. The first kappa shape index (κ1) is 23.7. The van der Waals surface area contributed by atoms with Gasteiger partial charge in [-0.2, -0.15) is 0 Å². The third-order valence-corrected chi connectivity index (χ3v) is 7.50. The number of aromatic nitrogens is 3. The monoisotopic (exact) mass is 502 g/mol. The number of carbonyl (C=O) groups excluding carboxylic acids is 1. The van der Waals surface area contributed by atoms with E-state index in [1.165, 1.54) is 18.4 Å². The Hall–Kier alpha value is -3.98. The minimum absolute atomic E-state index is 0.0119. The summed E-state index contributed by atoms with van der Waals surface area (Å²) in [4.78, 5) is 26.9. The van der Waals surface area contributed by atoms with E-state index < -0.39 is 9.84 Å². The van der Waals surface area contributed by atoms with Crippen molar-refractivity contribution in [3.05, 3.63) is 72.4 Å². The first-order chi connectivity index (χ1) is 17.2. The number of hydrogen-bond donors (Lipinski definition) is 1. The van der Waals surface area contributed by atoms with E-state index in [4.69, 9.17) is 9.72 Å². The lowest BCUT2D eigenvalue weighted by Gasteiger charge is -2.25. The molecule has 5 rings (SSSR count). The number of hydrogen-bond acceptors (Lipinski definition) is 6. The molecule has 1 N–H and O–H groups in total. The number of amides is 1. The van der Waals surface area contributed by atoms with E-state index in [9.17, 15) is 13.2 Å². The van der Waals surface area contributed by atoms with Crippen molar-refractivity contribution in [1.82, 2.24) is 19.9 Å². The summed E-state index contributed by atoms with van der Waals surface area (Å²) in [7, 11) is -3.31. The van der Waals surface area contributed by atoms with Crippen LogP contribution in [0.15, 0.2) is 66.2 Å². The van der Waals surface area contributed by atoms with Gasteiger partial charge in [0.05, 0.1) is 22.0 Å². The van der Waals surface area contributed by atoms with E-state index in [1.54, 1.807) is 31.3 Å². The summed E-state index contributed by atoms with van der Waals surface area (Å²) in [5.74, 6) is 1.70. The topological polar surface area (TPSA) is 105 Å². The fraction of sp³-hybridized carbons (Fsp3) is 0.222. The third-order valence-electron chi connectivity index (χ3n) is 6.37. The molecule has 0 radical (unpaired) electrons. The van der Waals surface area contributed by atoms with E-state index in [0.717, 1.165) is 29.5 Å². The highest BCUT2D eigenvalue weighted by Gasteiger charge is 2.31. The van der Waals surface area contributed by atoms with Crippen molar-refractivity contribution < 1.29 is 17.9 Å². The number of ether oxygens (including phenoxy) is 1. The molecule has 1 aliphatic heterocycles. The lowest BCUT2D eigenvalue weighted by atomic mass is 10.0. The summed E-state index contributed by atoms with van der Waals surface area (Å²) in [6.45, 7) is 6.03. The Morgan fingerprint density at radius 1 is 1.19 bits per heavy atom. The van der Waals surface area contributed by atoms with Crippen LogP contribution < -0.4 is 4.74 Å². The van der Waals surface area contributed by atoms with Crippen LogP contribution in [-0.4, -0.2) is 47.0 Å². The molecule has 2 aromatic carbocycles. The lowest BCUT2D eigenvalue weighted by molar-refractivity contribution is -0.129. The number of pyridine rings is 1. The quantitative estimate of drug-likeness (QED) is 0.391. The lowest BCUT2D eigenvalue weighted by Crippen LogP contribution is -2.28. The second kappa shape index (κ2) is 9.23. The maximum absolute atomic E-state index is 12.3. The van der Waals surface area contributed by atoms with Gasteiger partial charge in [0.2, 0.25) is 5.91 Å². The largest absolute Gasteiger partial charge is 0.457 e. The van der Waals surface area contributed by atoms with Crippen LogP contribution in [0.4, 0.5) is 0 Å². The highest BCUT2D eigenvalue weighted by molar-refractivity contribution is 7.90. The molecule has 0 bridgehead atoms. The van der Waals surface area contributed by atoms with Crippen LogP contribution in [0.3, 0.4) is 0 Å². The Kier molecular flexibility index (Phi) is 6.09. The number of aromatic amines is 1. The van der Waals surface area contributed by atoms with Crippen LogP contribution in [0, 0.1) is 0 Å². The van der Waals surface area contributed by atoms with Gasteiger partial charge in [0.15, 0.2) is 15.7 Å². The number of sulfone groups is 1. The number of nitrogens with one attached hydrogen (secondary N) is 1. The molecule has 9 heteroatoms. The molecule has 3 heterocycles. The normalized spacial score (nSPS) is 15.8. The predicted octanol–water partition coefficient (Wildman–Crippen LogP) is 5.15. The van der Waals surface area contributed by atoms with Crippen molar-refractivity contribution >= 4 is 32.9 Å². The van der Waals surface area contributed by atoms with Crippen LogP contribution in [-0.2, 0) is 14.6 Å². The van der Waals surface area contributed by atoms with Gasteiger partial charge < -0.3 is 14.6 Å². The summed E-state index contributed by atoms with van der Waals surface area (Å²) < 4.78 is 29.9. The van der Waals surface area contributed by atoms with Gasteiger partial charge in [-0.1, -0.05) is 18.7 Å². The van der Waals surface area contributed by atoms with Crippen molar-refractivity contribution in [3.63, 3.8) is 0 Å². The Morgan fingerprint density at radius 2 is 1.97 bits per heavy atom. The van der Waals surface area contributed by atoms with Crippen LogP contribution in [0.1, 0.15) is 36.9 Å². The second-order valence-corrected chi connectivity index (χ2v) is 10.9. The number of carbonyl (C=O) groups is 1. The molecule has 1 aliphatic rings. The summed E-state index contributed by atoms with van der Waals surface area (Å²) in [6, 6.07) is 13.8. The summed E-state index contributed by atoms with van der Waals surface area (Å²) in [5.41, 5.74) is 3.99. The fourth-order valence-corrected chi connectivity index (χ4v) is 5.17. The molecule has 1 saturated heterocycles. The average molecular weight is 503 g/mol. The van der Waals surface area contributed by atoms with Gasteiger partial charge >= 0.3 is 0 Å². The number of fused-ring (bicyclic) bond motifs is 1. The standard InChI is InChI=1S/C27H26N4O4S/c1-4-18-7-12-22(28-16-18)27-29-23-14-21(25-6-5-13-31(25)17(2)32)26(15-24(23)30-27)35-19-8-10-20(11-9-19)36(3,33)34/h4,7-12,14-16,25H,1,5-6,13H2,2-3H3,(H,29,30). The van der Waals surface area contributed by atoms with E-state index >= 15 is 0 Å². The fourth-order valence-electron chi connectivity index (χ4n) is 4.54. The Bertz CT molecular complexity index is 1560. The summed E-state index contributed by atoms with van der Waals surface area (Å²) in [6.07, 6.45) is 6.36. The van der Waals surface area contributed by atoms with Crippen LogP contribution in [0.5, 0.6) is 11.5 Å². The van der Waals surface area contributed by atoms with Gasteiger partial charge in [0, 0.05) is 37.6 Å². The summed E-state index contributed by atoms with van der Waals surface area (Å²) in [5, 5.41) is 0. The zero-order chi connectivity index (χ0) is 25.4. The molecule has 0 aliphatic carbocycles. The molecule has 184 valence electrons. The maximum Gasteiger partial charge on any atom is 0.219 e. The highest BCUT2D eigenvalue weighted by atomic mass is 32.2. The van der Waals surface area contributed by atoms with Gasteiger partial charge in [-0.15, -0.1) is 0 Å². The Morgan fingerprint density at radius 3 is 2.61 bits per heavy atom. The van der Waals surface area contributed by atoms with Gasteiger partial charge in [-0.25, -0.2) is 13.4 Å². The summed E-state index contributed by atoms with van der Waals surface area (Å²) >= 11 is 0. The molecule has 0 spiro atoms. The number of benzene rings is 2. The molecule has 1 fully saturated rings. The number of imidazole rings is 1. The molecule has 8 nitrogen and oxygen atoms in total. The maximum atomic E-state index is 12.3. The van der Waals surface area contributed by atoms with Crippen LogP contribution >= 0.6 is 0 Å². The van der Waals surface area contributed by atoms with Gasteiger partial charge in [-0.3, -0.25) is 9.78 Å². The van der Waals surface area contributed by atoms with E-state index in [2.05, 4.69) is 16.5 Å². The van der Waals surface area contributed by atoms with Crippen LogP contribution in [0.2, 0.25) is 0 Å². The van der Waals surface area contributed by atoms with E-state index in [-0.39, 0.29) is 16.8 Å². The number of likely N-dealkylation sites (tertiary alicyclic amines) is 1. The number of rotatable bonds is 6.